The molecule has 1 aromatic rings. The highest BCUT2D eigenvalue weighted by atomic mass is 19.3. The molecule has 0 N–H and O–H groups in total. The first-order chi connectivity index (χ1) is 14.0. The molecule has 0 amide bonds. The molecule has 2 aliphatic rings. The fourth-order valence-corrected chi connectivity index (χ4v) is 4.22. The minimum absolute atomic E-state index is 0.0606. The molecule has 0 unspecified atom stereocenters. The van der Waals surface area contributed by atoms with Gasteiger partial charge in [-0.2, -0.15) is 0 Å². The predicted octanol–water partition coefficient (Wildman–Crippen LogP) is 7.30. The number of alkyl halides is 3. The van der Waals surface area contributed by atoms with Gasteiger partial charge in [-0.05, 0) is 80.5 Å². The third-order valence-electron chi connectivity index (χ3n) is 6.17. The first kappa shape index (κ1) is 23.5. The van der Waals surface area contributed by atoms with Gasteiger partial charge in [0.15, 0.2) is 0 Å². The summed E-state index contributed by atoms with van der Waals surface area (Å²) in [6.07, 6.45) is 11.3. The fourth-order valence-electron chi connectivity index (χ4n) is 4.22. The molecule has 2 aliphatic carbocycles. The summed E-state index contributed by atoms with van der Waals surface area (Å²) in [5, 5.41) is 0. The summed E-state index contributed by atoms with van der Waals surface area (Å²) >= 11 is 0. The highest BCUT2D eigenvalue weighted by molar-refractivity contribution is 5.75. The van der Waals surface area contributed by atoms with Crippen molar-refractivity contribution in [2.24, 2.45) is 23.7 Å². The SMILES string of the molecule is CC1CCC(/C=C/C2CCC(C(=O)Oc3ccc(C(F)F)cc3)CC2)CC1.CF. The van der Waals surface area contributed by atoms with Crippen LogP contribution in [0.5, 0.6) is 5.75 Å². The molecule has 0 radical (unpaired) electrons. The number of halogens is 3. The topological polar surface area (TPSA) is 26.3 Å². The Hall–Kier alpha value is -1.78. The molecular weight excluding hydrogens is 377 g/mol. The standard InChI is InChI=1S/C23H30F2O2.CH3F/c1-16-2-4-17(5-3-16)6-7-18-8-10-20(11-9-18)23(26)27-21-14-12-19(13-15-21)22(24)25;1-2/h6-7,12-18,20,22H,2-5,8-11H2,1H3;1H3/b7-6+;. The molecule has 0 atom stereocenters. The summed E-state index contributed by atoms with van der Waals surface area (Å²) in [6, 6.07) is 5.50. The average molecular weight is 411 g/mol. The Morgan fingerprint density at radius 2 is 1.38 bits per heavy atom. The number of esters is 1. The Kier molecular flexibility index (Phi) is 9.75. The van der Waals surface area contributed by atoms with Crippen LogP contribution >= 0.6 is 0 Å². The number of allylic oxidation sites excluding steroid dienone is 2. The molecule has 0 aromatic heterocycles. The second kappa shape index (κ2) is 12.0. The zero-order valence-corrected chi connectivity index (χ0v) is 17.5. The Bertz CT molecular complexity index is 626. The maximum Gasteiger partial charge on any atom is 0.314 e. The molecule has 1 aromatic carbocycles. The molecule has 2 nitrogen and oxygen atoms in total. The second-order valence-electron chi connectivity index (χ2n) is 8.31. The number of hydrogen-bond acceptors (Lipinski definition) is 2. The number of carbonyl (C=O) groups is 1. The van der Waals surface area contributed by atoms with E-state index in [1.54, 1.807) is 0 Å². The van der Waals surface area contributed by atoms with Crippen LogP contribution in [0, 0.1) is 23.7 Å². The predicted molar refractivity (Wildman–Crippen MR) is 110 cm³/mol. The van der Waals surface area contributed by atoms with Crippen molar-refractivity contribution in [3.05, 3.63) is 42.0 Å². The van der Waals surface area contributed by atoms with Crippen molar-refractivity contribution < 1.29 is 22.7 Å². The van der Waals surface area contributed by atoms with Crippen LogP contribution in [-0.2, 0) is 4.79 Å². The average Bonchev–Trinajstić information content (AvgIpc) is 2.75. The van der Waals surface area contributed by atoms with Crippen LogP contribution in [0.25, 0.3) is 0 Å². The Morgan fingerprint density at radius 1 is 0.897 bits per heavy atom. The van der Waals surface area contributed by atoms with Gasteiger partial charge in [-0.3, -0.25) is 9.18 Å². The van der Waals surface area contributed by atoms with Crippen molar-refractivity contribution in [3.63, 3.8) is 0 Å². The van der Waals surface area contributed by atoms with Gasteiger partial charge in [-0.25, -0.2) is 8.78 Å². The maximum absolute atomic E-state index is 12.6. The molecule has 2 fully saturated rings. The summed E-state index contributed by atoms with van der Waals surface area (Å²) in [6.45, 7) is 2.34. The van der Waals surface area contributed by atoms with E-state index >= 15 is 0 Å². The van der Waals surface area contributed by atoms with Crippen LogP contribution in [0.2, 0.25) is 0 Å². The van der Waals surface area contributed by atoms with Crippen molar-refractivity contribution >= 4 is 5.97 Å². The molecule has 0 aliphatic heterocycles. The number of ether oxygens (including phenoxy) is 1. The molecule has 0 saturated heterocycles. The van der Waals surface area contributed by atoms with Crippen LogP contribution in [-0.4, -0.2) is 13.1 Å². The quantitative estimate of drug-likeness (QED) is 0.289. The molecule has 3 rings (SSSR count). The van der Waals surface area contributed by atoms with Gasteiger partial charge in [-0.15, -0.1) is 0 Å². The van der Waals surface area contributed by atoms with Gasteiger partial charge in [0, 0.05) is 5.56 Å². The van der Waals surface area contributed by atoms with E-state index in [0.717, 1.165) is 37.5 Å². The molecule has 29 heavy (non-hydrogen) atoms. The fraction of sp³-hybridized carbons (Fsp3) is 0.625. The highest BCUT2D eigenvalue weighted by Gasteiger charge is 2.27. The molecule has 5 heteroatoms. The summed E-state index contributed by atoms with van der Waals surface area (Å²) < 4.78 is 40.0. The van der Waals surface area contributed by atoms with E-state index in [2.05, 4.69) is 19.1 Å². The van der Waals surface area contributed by atoms with Gasteiger partial charge in [0.1, 0.15) is 5.75 Å². The van der Waals surface area contributed by atoms with Crippen LogP contribution in [0.4, 0.5) is 13.2 Å². The zero-order valence-electron chi connectivity index (χ0n) is 17.5. The smallest absolute Gasteiger partial charge is 0.314 e. The lowest BCUT2D eigenvalue weighted by molar-refractivity contribution is -0.140. The van der Waals surface area contributed by atoms with E-state index in [1.807, 2.05) is 0 Å². The van der Waals surface area contributed by atoms with Crippen LogP contribution < -0.4 is 4.74 Å². The summed E-state index contributed by atoms with van der Waals surface area (Å²) in [5.41, 5.74) is -0.0606. The van der Waals surface area contributed by atoms with E-state index in [-0.39, 0.29) is 17.5 Å². The first-order valence-corrected chi connectivity index (χ1v) is 10.7. The highest BCUT2D eigenvalue weighted by Crippen LogP contribution is 2.33. The molecule has 0 bridgehead atoms. The maximum atomic E-state index is 12.6. The zero-order chi connectivity index (χ0) is 21.2. The van der Waals surface area contributed by atoms with E-state index < -0.39 is 6.43 Å². The van der Waals surface area contributed by atoms with Crippen molar-refractivity contribution in [2.75, 3.05) is 7.18 Å². The minimum atomic E-state index is -2.50. The molecule has 2 saturated carbocycles. The summed E-state index contributed by atoms with van der Waals surface area (Å²) in [4.78, 5) is 12.3. The van der Waals surface area contributed by atoms with Gasteiger partial charge in [-0.1, -0.05) is 31.9 Å². The number of rotatable bonds is 5. The molecule has 0 spiro atoms. The van der Waals surface area contributed by atoms with Gasteiger partial charge in [0.05, 0.1) is 13.1 Å². The van der Waals surface area contributed by atoms with Crippen LogP contribution in [0.15, 0.2) is 36.4 Å². The van der Waals surface area contributed by atoms with Gasteiger partial charge < -0.3 is 4.74 Å². The minimum Gasteiger partial charge on any atom is -0.426 e. The second-order valence-corrected chi connectivity index (χ2v) is 8.31. The van der Waals surface area contributed by atoms with E-state index in [1.165, 1.54) is 49.9 Å². The molecule has 0 heterocycles. The normalized spacial score (nSPS) is 27.4. The first-order valence-electron chi connectivity index (χ1n) is 10.7. The van der Waals surface area contributed by atoms with Gasteiger partial charge in [0.2, 0.25) is 0 Å². The van der Waals surface area contributed by atoms with E-state index in [9.17, 15) is 18.0 Å². The van der Waals surface area contributed by atoms with Crippen molar-refractivity contribution in [1.82, 2.24) is 0 Å². The number of hydrogen-bond donors (Lipinski definition) is 0. The van der Waals surface area contributed by atoms with E-state index in [4.69, 9.17) is 4.74 Å². The Labute approximate surface area is 172 Å². The third-order valence-corrected chi connectivity index (χ3v) is 6.17. The van der Waals surface area contributed by atoms with Crippen molar-refractivity contribution in [1.29, 1.82) is 0 Å². The van der Waals surface area contributed by atoms with Crippen LogP contribution in [0.1, 0.15) is 70.3 Å². The Morgan fingerprint density at radius 3 is 1.86 bits per heavy atom. The van der Waals surface area contributed by atoms with E-state index in [0.29, 0.717) is 18.8 Å². The van der Waals surface area contributed by atoms with Gasteiger partial charge >= 0.3 is 5.97 Å². The largest absolute Gasteiger partial charge is 0.426 e. The van der Waals surface area contributed by atoms with Crippen molar-refractivity contribution in [2.45, 2.75) is 64.7 Å². The lowest BCUT2D eigenvalue weighted by Gasteiger charge is -2.27. The number of carbonyl (C=O) groups excluding carboxylic acids is 1. The lowest BCUT2D eigenvalue weighted by atomic mass is 9.79. The molecular formula is C24H33F3O2. The Balaban J connectivity index is 0.00000145. The van der Waals surface area contributed by atoms with Gasteiger partial charge in [0.25, 0.3) is 6.43 Å². The number of benzene rings is 1. The van der Waals surface area contributed by atoms with Crippen LogP contribution in [0.3, 0.4) is 0 Å². The summed E-state index contributed by atoms with van der Waals surface area (Å²) in [7, 11) is 0.500. The molecule has 162 valence electrons. The third kappa shape index (κ3) is 7.52. The van der Waals surface area contributed by atoms with Crippen molar-refractivity contribution in [3.8, 4) is 5.75 Å². The monoisotopic (exact) mass is 410 g/mol. The lowest BCUT2D eigenvalue weighted by Crippen LogP contribution is -2.25. The summed E-state index contributed by atoms with van der Waals surface area (Å²) in [5.74, 6) is 2.21.